The van der Waals surface area contributed by atoms with E-state index in [1.54, 1.807) is 0 Å². The van der Waals surface area contributed by atoms with Crippen molar-refractivity contribution in [1.82, 2.24) is 15.1 Å². The third-order valence-corrected chi connectivity index (χ3v) is 3.18. The Morgan fingerprint density at radius 1 is 1.67 bits per heavy atom. The molecule has 0 saturated carbocycles. The number of aryl methyl sites for hydroxylation is 1. The van der Waals surface area contributed by atoms with Crippen molar-refractivity contribution in [1.29, 1.82) is 0 Å². The molecule has 4 nitrogen and oxygen atoms in total. The number of nitrogens with two attached hydrogens (primary N) is 1. The van der Waals surface area contributed by atoms with Gasteiger partial charge in [-0.05, 0) is 44.8 Å². The topological polar surface area (TPSA) is 55.9 Å². The van der Waals surface area contributed by atoms with Crippen molar-refractivity contribution in [3.63, 3.8) is 0 Å². The van der Waals surface area contributed by atoms with Crippen molar-refractivity contribution in [3.8, 4) is 0 Å². The number of aromatic nitrogens is 2. The molecule has 1 fully saturated rings. The zero-order valence-corrected chi connectivity index (χ0v) is 9.37. The van der Waals surface area contributed by atoms with Gasteiger partial charge in [0.2, 0.25) is 0 Å². The van der Waals surface area contributed by atoms with Crippen molar-refractivity contribution in [3.05, 3.63) is 17.5 Å². The Labute approximate surface area is 90.8 Å². The first-order valence-corrected chi connectivity index (χ1v) is 5.76. The van der Waals surface area contributed by atoms with E-state index in [0.29, 0.717) is 6.04 Å². The lowest BCUT2D eigenvalue weighted by atomic mass is 10.1. The van der Waals surface area contributed by atoms with Crippen molar-refractivity contribution in [2.45, 2.75) is 32.2 Å². The van der Waals surface area contributed by atoms with Crippen LogP contribution in [-0.2, 0) is 6.42 Å². The summed E-state index contributed by atoms with van der Waals surface area (Å²) in [6.45, 7) is 5.09. The minimum Gasteiger partial charge on any atom is -0.330 e. The van der Waals surface area contributed by atoms with Crippen molar-refractivity contribution >= 4 is 0 Å². The van der Waals surface area contributed by atoms with Gasteiger partial charge in [0.1, 0.15) is 0 Å². The van der Waals surface area contributed by atoms with Crippen LogP contribution in [0.25, 0.3) is 0 Å². The molecule has 0 amide bonds. The summed E-state index contributed by atoms with van der Waals surface area (Å²) >= 11 is 0. The van der Waals surface area contributed by atoms with Gasteiger partial charge in [0.05, 0.1) is 12.2 Å². The van der Waals surface area contributed by atoms with Crippen LogP contribution in [0.3, 0.4) is 0 Å². The average molecular weight is 208 g/mol. The Morgan fingerprint density at radius 2 is 2.53 bits per heavy atom. The van der Waals surface area contributed by atoms with Gasteiger partial charge in [-0.1, -0.05) is 0 Å². The van der Waals surface area contributed by atoms with Crippen LogP contribution in [0.4, 0.5) is 0 Å². The van der Waals surface area contributed by atoms with E-state index >= 15 is 0 Å². The van der Waals surface area contributed by atoms with Crippen LogP contribution in [0.5, 0.6) is 0 Å². The maximum atomic E-state index is 5.52. The number of nitrogens with one attached hydrogen (secondary N) is 1. The molecule has 1 unspecified atom stereocenters. The van der Waals surface area contributed by atoms with E-state index in [4.69, 9.17) is 5.73 Å². The van der Waals surface area contributed by atoms with Gasteiger partial charge in [0, 0.05) is 12.2 Å². The number of rotatable bonds is 4. The van der Waals surface area contributed by atoms with Crippen molar-refractivity contribution in [2.24, 2.45) is 5.73 Å². The molecule has 0 spiro atoms. The third kappa shape index (κ3) is 2.21. The van der Waals surface area contributed by atoms with Crippen LogP contribution in [0.1, 0.15) is 30.1 Å². The molecule has 1 saturated heterocycles. The van der Waals surface area contributed by atoms with Crippen LogP contribution in [0, 0.1) is 6.92 Å². The van der Waals surface area contributed by atoms with Crippen LogP contribution in [-0.4, -0.2) is 29.4 Å². The molecule has 15 heavy (non-hydrogen) atoms. The summed E-state index contributed by atoms with van der Waals surface area (Å²) in [6.07, 6.45) is 5.31. The van der Waals surface area contributed by atoms with E-state index < -0.39 is 0 Å². The molecule has 0 aliphatic carbocycles. The van der Waals surface area contributed by atoms with Gasteiger partial charge in [-0.25, -0.2) is 0 Å². The lowest BCUT2D eigenvalue weighted by molar-refractivity contribution is 0.479. The molecular formula is C11H20N4. The molecule has 1 atom stereocenters. The molecule has 0 radical (unpaired) electrons. The normalized spacial score (nSPS) is 21.1. The summed E-state index contributed by atoms with van der Waals surface area (Å²) < 4.78 is 2.17. The van der Waals surface area contributed by atoms with E-state index in [-0.39, 0.29) is 0 Å². The van der Waals surface area contributed by atoms with Gasteiger partial charge in [-0.15, -0.1) is 0 Å². The van der Waals surface area contributed by atoms with Crippen molar-refractivity contribution < 1.29 is 0 Å². The summed E-state index contributed by atoms with van der Waals surface area (Å²) in [5, 5.41) is 7.86. The second-order valence-electron chi connectivity index (χ2n) is 4.24. The fourth-order valence-electron chi connectivity index (χ4n) is 2.21. The monoisotopic (exact) mass is 208 g/mol. The standard InChI is InChI=1S/C11H20N4/c1-9-10(3-2-5-12)7-14-15(9)11-4-6-13-8-11/h7,11,13H,2-6,8,12H2,1H3. The smallest absolute Gasteiger partial charge is 0.0658 e. The average Bonchev–Trinajstić information content (AvgIpc) is 2.84. The quantitative estimate of drug-likeness (QED) is 0.762. The van der Waals surface area contributed by atoms with E-state index in [9.17, 15) is 0 Å². The van der Waals surface area contributed by atoms with Gasteiger partial charge >= 0.3 is 0 Å². The molecule has 1 aliphatic heterocycles. The highest BCUT2D eigenvalue weighted by molar-refractivity contribution is 5.17. The lowest BCUT2D eigenvalue weighted by Gasteiger charge is -2.11. The second-order valence-corrected chi connectivity index (χ2v) is 4.24. The highest BCUT2D eigenvalue weighted by Crippen LogP contribution is 2.19. The van der Waals surface area contributed by atoms with Gasteiger partial charge < -0.3 is 11.1 Å². The van der Waals surface area contributed by atoms with Gasteiger partial charge in [0.15, 0.2) is 0 Å². The summed E-state index contributed by atoms with van der Waals surface area (Å²) in [6, 6.07) is 0.552. The van der Waals surface area contributed by atoms with E-state index in [2.05, 4.69) is 22.0 Å². The molecule has 84 valence electrons. The Balaban J connectivity index is 2.08. The predicted molar refractivity (Wildman–Crippen MR) is 60.9 cm³/mol. The molecule has 0 bridgehead atoms. The molecule has 2 rings (SSSR count). The van der Waals surface area contributed by atoms with Gasteiger partial charge in [-0.2, -0.15) is 5.10 Å². The second kappa shape index (κ2) is 4.77. The van der Waals surface area contributed by atoms with Gasteiger partial charge in [0.25, 0.3) is 0 Å². The van der Waals surface area contributed by atoms with E-state index in [0.717, 1.165) is 32.5 Å². The van der Waals surface area contributed by atoms with Crippen molar-refractivity contribution in [2.75, 3.05) is 19.6 Å². The molecule has 1 aliphatic rings. The highest BCUT2D eigenvalue weighted by atomic mass is 15.3. The zero-order valence-electron chi connectivity index (χ0n) is 9.37. The maximum Gasteiger partial charge on any atom is 0.0658 e. The Bertz CT molecular complexity index is 312. The van der Waals surface area contributed by atoms with Crippen LogP contribution < -0.4 is 11.1 Å². The summed E-state index contributed by atoms with van der Waals surface area (Å²) in [7, 11) is 0. The van der Waals surface area contributed by atoms with Gasteiger partial charge in [-0.3, -0.25) is 4.68 Å². The van der Waals surface area contributed by atoms with Crippen LogP contribution in [0.2, 0.25) is 0 Å². The SMILES string of the molecule is Cc1c(CCCN)cnn1C1CCNC1. The first-order valence-electron chi connectivity index (χ1n) is 5.76. The highest BCUT2D eigenvalue weighted by Gasteiger charge is 2.19. The van der Waals surface area contributed by atoms with Crippen LogP contribution in [0.15, 0.2) is 6.20 Å². The molecule has 2 heterocycles. The molecular weight excluding hydrogens is 188 g/mol. The maximum absolute atomic E-state index is 5.52. The minimum atomic E-state index is 0.552. The van der Waals surface area contributed by atoms with E-state index in [1.165, 1.54) is 17.7 Å². The number of hydrogen-bond donors (Lipinski definition) is 2. The fourth-order valence-corrected chi connectivity index (χ4v) is 2.21. The number of nitrogens with zero attached hydrogens (tertiary/aromatic N) is 2. The summed E-state index contributed by atoms with van der Waals surface area (Å²) in [5.74, 6) is 0. The summed E-state index contributed by atoms with van der Waals surface area (Å²) in [5.41, 5.74) is 8.19. The van der Waals surface area contributed by atoms with Crippen LogP contribution >= 0.6 is 0 Å². The first kappa shape index (κ1) is 10.6. The Morgan fingerprint density at radius 3 is 3.20 bits per heavy atom. The Kier molecular flexibility index (Phi) is 3.38. The summed E-state index contributed by atoms with van der Waals surface area (Å²) in [4.78, 5) is 0. The molecule has 0 aromatic carbocycles. The largest absolute Gasteiger partial charge is 0.330 e. The predicted octanol–water partition coefficient (Wildman–Crippen LogP) is 0.617. The lowest BCUT2D eigenvalue weighted by Crippen LogP contribution is -2.15. The van der Waals surface area contributed by atoms with E-state index in [1.807, 2.05) is 6.20 Å². The molecule has 3 N–H and O–H groups in total. The third-order valence-electron chi connectivity index (χ3n) is 3.18. The molecule has 4 heteroatoms. The molecule has 1 aromatic rings. The first-order chi connectivity index (χ1) is 7.33. The molecule has 1 aromatic heterocycles. The zero-order chi connectivity index (χ0) is 10.7. The number of hydrogen-bond acceptors (Lipinski definition) is 3. The Hall–Kier alpha value is -0.870. The minimum absolute atomic E-state index is 0.552. The fraction of sp³-hybridized carbons (Fsp3) is 0.727.